The second kappa shape index (κ2) is 14.3. The molecule has 0 amide bonds. The normalized spacial score (nSPS) is 16.7. The Bertz CT molecular complexity index is 864. The van der Waals surface area contributed by atoms with Gasteiger partial charge < -0.3 is 24.3 Å². The zero-order valence-electron chi connectivity index (χ0n) is 17.6. The maximum absolute atomic E-state index is 10.9. The zero-order valence-corrected chi connectivity index (χ0v) is 20.7. The number of methoxy groups -OCH3 is 1. The van der Waals surface area contributed by atoms with Crippen molar-refractivity contribution in [1.29, 1.82) is 0 Å². The first-order chi connectivity index (χ1) is 15.0. The van der Waals surface area contributed by atoms with Gasteiger partial charge in [0, 0.05) is 12.8 Å². The Hall–Kier alpha value is -1.77. The molecule has 166 valence electrons. The lowest BCUT2D eigenvalue weighted by atomic mass is 10.1. The van der Waals surface area contributed by atoms with E-state index in [-0.39, 0.29) is 12.1 Å². The summed E-state index contributed by atoms with van der Waals surface area (Å²) in [5.41, 5.74) is 7.64. The third-order valence-corrected chi connectivity index (χ3v) is 6.26. The smallest absolute Gasteiger partial charge is 0.319 e. The van der Waals surface area contributed by atoms with E-state index in [4.69, 9.17) is 19.5 Å². The summed E-state index contributed by atoms with van der Waals surface area (Å²) in [4.78, 5) is 10.9. The topological polar surface area (TPSA) is 82.8 Å². The summed E-state index contributed by atoms with van der Waals surface area (Å²) in [6, 6.07) is 15.2. The maximum Gasteiger partial charge on any atom is 0.319 e. The molecule has 0 aromatic heterocycles. The molecular weight excluding hydrogens is 526 g/mol. The zero-order chi connectivity index (χ0) is 22.5. The first kappa shape index (κ1) is 25.5. The van der Waals surface area contributed by atoms with Crippen molar-refractivity contribution in [2.45, 2.75) is 32.1 Å². The molecule has 3 rings (SSSR count). The SMILES string of the molecule is COCc1ccccc1.C[C@@H](C=O)NP(Oc1ccc(N)cc1I)OC1C=CC=CC1. The second-order valence-electron chi connectivity index (χ2n) is 6.70. The molecule has 1 aliphatic rings. The van der Waals surface area contributed by atoms with Gasteiger partial charge in [0.1, 0.15) is 12.0 Å². The third-order valence-electron chi connectivity index (χ3n) is 3.98. The van der Waals surface area contributed by atoms with Gasteiger partial charge in [-0.1, -0.05) is 54.6 Å². The predicted octanol–water partition coefficient (Wildman–Crippen LogP) is 5.39. The monoisotopic (exact) mass is 554 g/mol. The summed E-state index contributed by atoms with van der Waals surface area (Å²) in [6.07, 6.45) is 9.48. The number of allylic oxidation sites excluding steroid dienone is 2. The highest BCUT2D eigenvalue weighted by Crippen LogP contribution is 2.40. The summed E-state index contributed by atoms with van der Waals surface area (Å²) < 4.78 is 17.7. The Morgan fingerprint density at radius 2 is 2.03 bits per heavy atom. The third kappa shape index (κ3) is 9.93. The van der Waals surface area contributed by atoms with Crippen molar-refractivity contribution < 1.29 is 18.6 Å². The van der Waals surface area contributed by atoms with E-state index in [1.807, 2.05) is 60.7 Å². The summed E-state index contributed by atoms with van der Waals surface area (Å²) in [7, 11) is 0.259. The number of halogens is 1. The first-order valence-electron chi connectivity index (χ1n) is 9.79. The van der Waals surface area contributed by atoms with E-state index in [9.17, 15) is 4.79 Å². The van der Waals surface area contributed by atoms with Crippen molar-refractivity contribution in [3.8, 4) is 5.75 Å². The minimum Gasteiger partial charge on any atom is -0.435 e. The van der Waals surface area contributed by atoms with Crippen LogP contribution in [0.3, 0.4) is 0 Å². The molecule has 0 fully saturated rings. The number of ether oxygens (including phenoxy) is 1. The number of nitrogens with two attached hydrogens (primary N) is 1. The van der Waals surface area contributed by atoms with Crippen LogP contribution in [0, 0.1) is 3.57 Å². The molecule has 2 aromatic carbocycles. The van der Waals surface area contributed by atoms with E-state index in [0.29, 0.717) is 18.0 Å². The number of nitrogens with one attached hydrogen (secondary N) is 1. The predicted molar refractivity (Wildman–Crippen MR) is 135 cm³/mol. The number of nitrogen functional groups attached to an aromatic ring is 1. The van der Waals surface area contributed by atoms with E-state index in [1.54, 1.807) is 26.2 Å². The molecule has 0 heterocycles. The highest BCUT2D eigenvalue weighted by Gasteiger charge is 2.21. The number of carbonyl (C=O) groups is 1. The van der Waals surface area contributed by atoms with Crippen molar-refractivity contribution in [3.05, 3.63) is 82.0 Å². The lowest BCUT2D eigenvalue weighted by molar-refractivity contribution is -0.108. The van der Waals surface area contributed by atoms with Crippen LogP contribution >= 0.6 is 31.1 Å². The fourth-order valence-electron chi connectivity index (χ4n) is 2.46. The number of rotatable bonds is 9. The lowest BCUT2D eigenvalue weighted by Crippen LogP contribution is -2.26. The summed E-state index contributed by atoms with van der Waals surface area (Å²) in [6.45, 7) is 2.47. The Balaban J connectivity index is 0.000000316. The molecule has 6 nitrogen and oxygen atoms in total. The fourth-order valence-corrected chi connectivity index (χ4v) is 4.57. The van der Waals surface area contributed by atoms with Crippen LogP contribution < -0.4 is 15.3 Å². The fraction of sp³-hybridized carbons (Fsp3) is 0.261. The van der Waals surface area contributed by atoms with Crippen molar-refractivity contribution in [1.82, 2.24) is 5.09 Å². The van der Waals surface area contributed by atoms with Gasteiger partial charge in [0.25, 0.3) is 0 Å². The van der Waals surface area contributed by atoms with Gasteiger partial charge in [0.15, 0.2) is 0 Å². The van der Waals surface area contributed by atoms with Crippen LogP contribution in [0.1, 0.15) is 18.9 Å². The van der Waals surface area contributed by atoms with Crippen molar-refractivity contribution in [2.75, 3.05) is 12.8 Å². The molecule has 0 saturated heterocycles. The van der Waals surface area contributed by atoms with Gasteiger partial charge >= 0.3 is 8.53 Å². The minimum atomic E-state index is -1.44. The minimum absolute atomic E-state index is 0.0612. The van der Waals surface area contributed by atoms with E-state index in [2.05, 4.69) is 27.7 Å². The molecule has 3 N–H and O–H groups in total. The van der Waals surface area contributed by atoms with Gasteiger partial charge in [-0.3, -0.25) is 0 Å². The molecule has 3 atom stereocenters. The van der Waals surface area contributed by atoms with Crippen LogP contribution in [0.25, 0.3) is 0 Å². The van der Waals surface area contributed by atoms with Crippen LogP contribution in [-0.2, 0) is 20.7 Å². The summed E-state index contributed by atoms with van der Waals surface area (Å²) in [5, 5.41) is 3.06. The van der Waals surface area contributed by atoms with Crippen molar-refractivity contribution in [3.63, 3.8) is 0 Å². The quantitative estimate of drug-likeness (QED) is 0.187. The molecule has 8 heteroatoms. The summed E-state index contributed by atoms with van der Waals surface area (Å²) >= 11 is 2.16. The number of benzene rings is 2. The number of hydrogen-bond donors (Lipinski definition) is 2. The first-order valence-corrected chi connectivity index (χ1v) is 12.0. The lowest BCUT2D eigenvalue weighted by Gasteiger charge is -2.24. The maximum atomic E-state index is 10.9. The second-order valence-corrected chi connectivity index (χ2v) is 9.03. The van der Waals surface area contributed by atoms with Gasteiger partial charge in [-0.25, -0.2) is 5.09 Å². The Morgan fingerprint density at radius 3 is 2.65 bits per heavy atom. The van der Waals surface area contributed by atoms with Gasteiger partial charge in [-0.2, -0.15) is 0 Å². The van der Waals surface area contributed by atoms with Crippen molar-refractivity contribution in [2.24, 2.45) is 0 Å². The Kier molecular flexibility index (Phi) is 11.8. The van der Waals surface area contributed by atoms with Crippen LogP contribution in [0.15, 0.2) is 72.8 Å². The van der Waals surface area contributed by atoms with Gasteiger partial charge in [-0.15, -0.1) is 0 Å². The highest BCUT2D eigenvalue weighted by atomic mass is 127. The van der Waals surface area contributed by atoms with E-state index >= 15 is 0 Å². The largest absolute Gasteiger partial charge is 0.435 e. The van der Waals surface area contributed by atoms with Crippen LogP contribution in [0.5, 0.6) is 5.75 Å². The molecule has 2 aromatic rings. The van der Waals surface area contributed by atoms with Crippen LogP contribution in [0.4, 0.5) is 5.69 Å². The number of hydrogen-bond acceptors (Lipinski definition) is 6. The standard InChI is InChI=1S/C15H18IN2O3P.C8H10O/c1-11(10-19)18-22(20-13-5-3-2-4-6-13)21-15-8-7-12(17)9-14(15)16;1-9-7-8-5-3-2-4-6-8/h2-5,7-11,13,18H,6,17H2,1H3;2-6H,7H2,1H3/t11-,13?,22?;/m0./s1. The van der Waals surface area contributed by atoms with E-state index < -0.39 is 8.53 Å². The Morgan fingerprint density at radius 1 is 1.26 bits per heavy atom. The average Bonchev–Trinajstić information content (AvgIpc) is 2.77. The average molecular weight is 554 g/mol. The molecule has 0 aliphatic heterocycles. The van der Waals surface area contributed by atoms with Gasteiger partial charge in [0.05, 0.1) is 22.3 Å². The van der Waals surface area contributed by atoms with E-state index in [1.165, 1.54) is 5.56 Å². The number of aldehydes is 1. The molecule has 0 radical (unpaired) electrons. The molecule has 2 unspecified atom stereocenters. The van der Waals surface area contributed by atoms with E-state index in [0.717, 1.165) is 16.3 Å². The number of carbonyl (C=O) groups excluding carboxylic acids is 1. The molecule has 0 bridgehead atoms. The van der Waals surface area contributed by atoms with Gasteiger partial charge in [0.2, 0.25) is 0 Å². The van der Waals surface area contributed by atoms with Crippen LogP contribution in [0.2, 0.25) is 0 Å². The summed E-state index contributed by atoms with van der Waals surface area (Å²) in [5.74, 6) is 0.682. The molecule has 0 spiro atoms. The molecule has 31 heavy (non-hydrogen) atoms. The van der Waals surface area contributed by atoms with Crippen LogP contribution in [-0.4, -0.2) is 25.5 Å². The molecule has 1 aliphatic carbocycles. The number of anilines is 1. The Labute approximate surface area is 199 Å². The molecular formula is C23H28IN2O4P. The van der Waals surface area contributed by atoms with Gasteiger partial charge in [-0.05, 0) is 59.7 Å². The highest BCUT2D eigenvalue weighted by molar-refractivity contribution is 14.1. The molecule has 0 saturated carbocycles. The van der Waals surface area contributed by atoms with Crippen molar-refractivity contribution >= 4 is 43.1 Å².